The molecule has 60 valence electrons. The van der Waals surface area contributed by atoms with E-state index in [-0.39, 0.29) is 11.7 Å². The van der Waals surface area contributed by atoms with Gasteiger partial charge in [0.2, 0.25) is 0 Å². The molecule has 0 aromatic carbocycles. The highest BCUT2D eigenvalue weighted by molar-refractivity contribution is 5.78. The Morgan fingerprint density at radius 2 is 2.10 bits per heavy atom. The maximum atomic E-state index is 10.7. The van der Waals surface area contributed by atoms with Gasteiger partial charge < -0.3 is 5.11 Å². The first-order chi connectivity index (χ1) is 4.59. The summed E-state index contributed by atoms with van der Waals surface area (Å²) in [6.07, 6.45) is 1.21. The van der Waals surface area contributed by atoms with Gasteiger partial charge in [-0.2, -0.15) is 0 Å². The summed E-state index contributed by atoms with van der Waals surface area (Å²) in [6, 6.07) is 0. The average Bonchev–Trinajstić information content (AvgIpc) is 1.87. The van der Waals surface area contributed by atoms with Crippen LogP contribution in [0.5, 0.6) is 0 Å². The van der Waals surface area contributed by atoms with Crippen molar-refractivity contribution in [1.82, 2.24) is 0 Å². The molecule has 0 amide bonds. The lowest BCUT2D eigenvalue weighted by atomic mass is 9.97. The van der Waals surface area contributed by atoms with Gasteiger partial charge in [0.05, 0.1) is 6.10 Å². The lowest BCUT2D eigenvalue weighted by Crippen LogP contribution is -2.23. The number of Topliss-reactive ketones (excluding diaryl/α,β-unsaturated/α-hetero) is 1. The number of carbonyl (C=O) groups is 1. The minimum atomic E-state index is -0.442. The molecule has 0 aliphatic carbocycles. The van der Waals surface area contributed by atoms with Crippen LogP contribution in [0, 0.1) is 5.92 Å². The minimum Gasteiger partial charge on any atom is -0.392 e. The van der Waals surface area contributed by atoms with Crippen LogP contribution in [0.15, 0.2) is 0 Å². The summed E-state index contributed by atoms with van der Waals surface area (Å²) in [5.41, 5.74) is 0. The molecule has 1 N–H and O–H groups in total. The Balaban J connectivity index is 3.69. The van der Waals surface area contributed by atoms with Crippen molar-refractivity contribution < 1.29 is 9.90 Å². The number of carbonyl (C=O) groups excluding carboxylic acids is 1. The third-order valence-corrected chi connectivity index (χ3v) is 1.80. The van der Waals surface area contributed by atoms with Gasteiger partial charge in [-0.15, -0.1) is 0 Å². The van der Waals surface area contributed by atoms with Crippen LogP contribution in [0.1, 0.15) is 33.6 Å². The van der Waals surface area contributed by atoms with Crippen LogP contribution in [0.4, 0.5) is 0 Å². The Bertz CT molecular complexity index is 110. The maximum absolute atomic E-state index is 10.7. The molecule has 0 spiro atoms. The van der Waals surface area contributed by atoms with Crippen LogP contribution < -0.4 is 0 Å². The molecule has 0 saturated heterocycles. The molecule has 0 saturated carbocycles. The predicted octanol–water partition coefficient (Wildman–Crippen LogP) is 1.37. The molecule has 0 aromatic rings. The molecule has 0 unspecified atom stereocenters. The smallest absolute Gasteiger partial charge is 0.135 e. The van der Waals surface area contributed by atoms with Gasteiger partial charge >= 0.3 is 0 Å². The van der Waals surface area contributed by atoms with Crippen LogP contribution >= 0.6 is 0 Å². The highest BCUT2D eigenvalue weighted by atomic mass is 16.3. The Labute approximate surface area is 62.2 Å². The molecule has 0 heterocycles. The van der Waals surface area contributed by atoms with Gasteiger partial charge in [-0.1, -0.05) is 20.3 Å². The van der Waals surface area contributed by atoms with Crippen LogP contribution in [-0.2, 0) is 4.79 Å². The van der Waals surface area contributed by atoms with Gasteiger partial charge in [0, 0.05) is 5.92 Å². The van der Waals surface area contributed by atoms with E-state index in [0.29, 0.717) is 0 Å². The van der Waals surface area contributed by atoms with Crippen molar-refractivity contribution in [2.75, 3.05) is 0 Å². The molecule has 0 aliphatic heterocycles. The van der Waals surface area contributed by atoms with E-state index in [0.717, 1.165) is 12.8 Å². The monoisotopic (exact) mass is 144 g/mol. The fraction of sp³-hybridized carbons (Fsp3) is 0.875. The summed E-state index contributed by atoms with van der Waals surface area (Å²) in [4.78, 5) is 10.7. The molecule has 0 rings (SSSR count). The van der Waals surface area contributed by atoms with E-state index in [1.807, 2.05) is 6.92 Å². The number of hydrogen-bond acceptors (Lipinski definition) is 2. The van der Waals surface area contributed by atoms with Crippen molar-refractivity contribution >= 4 is 5.78 Å². The zero-order valence-corrected chi connectivity index (χ0v) is 6.92. The van der Waals surface area contributed by atoms with Gasteiger partial charge in [-0.3, -0.25) is 4.79 Å². The summed E-state index contributed by atoms with van der Waals surface area (Å²) < 4.78 is 0. The summed E-state index contributed by atoms with van der Waals surface area (Å²) in [6.45, 7) is 5.28. The Hall–Kier alpha value is -0.370. The summed E-state index contributed by atoms with van der Waals surface area (Å²) >= 11 is 0. The van der Waals surface area contributed by atoms with E-state index in [9.17, 15) is 9.90 Å². The first-order valence-corrected chi connectivity index (χ1v) is 3.78. The third-order valence-electron chi connectivity index (χ3n) is 1.80. The quantitative estimate of drug-likeness (QED) is 0.647. The van der Waals surface area contributed by atoms with E-state index in [4.69, 9.17) is 0 Å². The second kappa shape index (κ2) is 4.45. The molecule has 2 heteroatoms. The highest BCUT2D eigenvalue weighted by Gasteiger charge is 2.16. The van der Waals surface area contributed by atoms with Crippen LogP contribution in [-0.4, -0.2) is 17.0 Å². The molecule has 0 aromatic heterocycles. The van der Waals surface area contributed by atoms with E-state index in [1.54, 1.807) is 6.92 Å². The third kappa shape index (κ3) is 2.97. The van der Waals surface area contributed by atoms with Gasteiger partial charge in [0.1, 0.15) is 5.78 Å². The van der Waals surface area contributed by atoms with E-state index in [2.05, 4.69) is 0 Å². The second-order valence-electron chi connectivity index (χ2n) is 2.76. The van der Waals surface area contributed by atoms with Gasteiger partial charge in [-0.25, -0.2) is 0 Å². The number of aliphatic hydroxyl groups is 1. The number of hydrogen-bond donors (Lipinski definition) is 1. The Kier molecular flexibility index (Phi) is 4.28. The summed E-state index contributed by atoms with van der Waals surface area (Å²) in [5.74, 6) is -0.124. The van der Waals surface area contributed by atoms with Crippen LogP contribution in [0.25, 0.3) is 0 Å². The minimum absolute atomic E-state index is 0.0703. The normalized spacial score (nSPS) is 16.4. The molecule has 0 fully saturated rings. The lowest BCUT2D eigenvalue weighted by molar-refractivity contribution is -0.123. The molecule has 10 heavy (non-hydrogen) atoms. The highest BCUT2D eigenvalue weighted by Crippen LogP contribution is 2.09. The number of rotatable bonds is 4. The van der Waals surface area contributed by atoms with E-state index in [1.165, 1.54) is 6.92 Å². The van der Waals surface area contributed by atoms with Crippen molar-refractivity contribution in [2.24, 2.45) is 5.92 Å². The largest absolute Gasteiger partial charge is 0.392 e. The Morgan fingerprint density at radius 1 is 1.60 bits per heavy atom. The van der Waals surface area contributed by atoms with E-state index >= 15 is 0 Å². The first kappa shape index (κ1) is 9.63. The zero-order chi connectivity index (χ0) is 8.15. The maximum Gasteiger partial charge on any atom is 0.135 e. The lowest BCUT2D eigenvalue weighted by Gasteiger charge is -2.14. The first-order valence-electron chi connectivity index (χ1n) is 3.78. The number of ketones is 1. The summed E-state index contributed by atoms with van der Waals surface area (Å²) in [7, 11) is 0. The van der Waals surface area contributed by atoms with Crippen LogP contribution in [0.3, 0.4) is 0 Å². The van der Waals surface area contributed by atoms with Crippen molar-refractivity contribution in [3.63, 3.8) is 0 Å². The fourth-order valence-corrected chi connectivity index (χ4v) is 0.817. The standard InChI is InChI=1S/C8H16O2/c1-4-5-8(10)6(2)7(3)9/h6,8,10H,4-5H2,1-3H3/t6-,8-/m0/s1. The molecule has 2 nitrogen and oxygen atoms in total. The van der Waals surface area contributed by atoms with E-state index < -0.39 is 6.10 Å². The SMILES string of the molecule is CCC[C@H](O)[C@@H](C)C(C)=O. The van der Waals surface area contributed by atoms with Crippen molar-refractivity contribution in [1.29, 1.82) is 0 Å². The van der Waals surface area contributed by atoms with Crippen molar-refractivity contribution in [3.8, 4) is 0 Å². The van der Waals surface area contributed by atoms with Gasteiger partial charge in [0.25, 0.3) is 0 Å². The van der Waals surface area contributed by atoms with Crippen LogP contribution in [0.2, 0.25) is 0 Å². The molecule has 0 radical (unpaired) electrons. The van der Waals surface area contributed by atoms with Crippen molar-refractivity contribution in [3.05, 3.63) is 0 Å². The number of aliphatic hydroxyl groups excluding tert-OH is 1. The molecule has 0 aliphatic rings. The zero-order valence-electron chi connectivity index (χ0n) is 6.92. The van der Waals surface area contributed by atoms with Crippen molar-refractivity contribution in [2.45, 2.75) is 39.7 Å². The molecule has 0 bridgehead atoms. The summed E-state index contributed by atoms with van der Waals surface area (Å²) in [5, 5.41) is 9.27. The second-order valence-corrected chi connectivity index (χ2v) is 2.76. The predicted molar refractivity (Wildman–Crippen MR) is 40.8 cm³/mol. The van der Waals surface area contributed by atoms with Gasteiger partial charge in [0.15, 0.2) is 0 Å². The molecular weight excluding hydrogens is 128 g/mol. The topological polar surface area (TPSA) is 37.3 Å². The molecular formula is C8H16O2. The fourth-order valence-electron chi connectivity index (χ4n) is 0.817. The Morgan fingerprint density at radius 3 is 2.40 bits per heavy atom. The van der Waals surface area contributed by atoms with Gasteiger partial charge in [-0.05, 0) is 13.3 Å². The average molecular weight is 144 g/mol. The molecule has 2 atom stereocenters.